The van der Waals surface area contributed by atoms with Gasteiger partial charge in [0.15, 0.2) is 0 Å². The number of aryl methyl sites for hydroxylation is 1. The van der Waals surface area contributed by atoms with Crippen molar-refractivity contribution in [2.24, 2.45) is 11.7 Å². The average molecular weight is 326 g/mol. The molecule has 24 heavy (non-hydrogen) atoms. The molecule has 0 radical (unpaired) electrons. The molecule has 1 amide bonds. The molecule has 0 saturated heterocycles. The molecule has 0 unspecified atom stereocenters. The smallest absolute Gasteiger partial charge is 0.240 e. The highest BCUT2D eigenvalue weighted by Crippen LogP contribution is 2.31. The molecule has 2 heterocycles. The second-order valence-corrected chi connectivity index (χ2v) is 6.39. The normalized spacial score (nSPS) is 14.2. The first-order valence-electron chi connectivity index (χ1n) is 8.08. The summed E-state index contributed by atoms with van der Waals surface area (Å²) >= 11 is 0. The second kappa shape index (κ2) is 6.47. The molecule has 1 aromatic heterocycles. The Bertz CT molecular complexity index is 774. The Morgan fingerprint density at radius 2 is 2.04 bits per heavy atom. The van der Waals surface area contributed by atoms with E-state index >= 15 is 0 Å². The predicted molar refractivity (Wildman–Crippen MR) is 91.8 cm³/mol. The number of ether oxygens (including phenoxy) is 1. The number of carbonyl (C=O) groups excluding carboxylic acids is 1. The average Bonchev–Trinajstić information content (AvgIpc) is 2.71. The Labute approximate surface area is 141 Å². The number of nitrogens with two attached hydrogens (primary N) is 1. The number of benzene rings is 1. The SMILES string of the molecule is Cc1nc2c(c(N[C@@H](C(N)=O)C(C)C)n1)Cc1ccccc1OC2. The maximum atomic E-state index is 11.8. The first-order valence-corrected chi connectivity index (χ1v) is 8.08. The molecule has 0 bridgehead atoms. The van der Waals surface area contributed by atoms with Crippen LogP contribution in [0.4, 0.5) is 5.82 Å². The van der Waals surface area contributed by atoms with Crippen molar-refractivity contribution in [1.29, 1.82) is 0 Å². The monoisotopic (exact) mass is 326 g/mol. The first kappa shape index (κ1) is 16.2. The van der Waals surface area contributed by atoms with E-state index in [4.69, 9.17) is 10.5 Å². The van der Waals surface area contributed by atoms with Gasteiger partial charge in [-0.15, -0.1) is 0 Å². The zero-order chi connectivity index (χ0) is 17.3. The van der Waals surface area contributed by atoms with Gasteiger partial charge in [0.05, 0.1) is 5.69 Å². The summed E-state index contributed by atoms with van der Waals surface area (Å²) in [6.45, 7) is 6.12. The number of amides is 1. The molecule has 3 rings (SSSR count). The second-order valence-electron chi connectivity index (χ2n) is 6.39. The highest BCUT2D eigenvalue weighted by Gasteiger charge is 2.25. The quantitative estimate of drug-likeness (QED) is 0.899. The lowest BCUT2D eigenvalue weighted by Crippen LogP contribution is -2.40. The molecule has 0 aliphatic carbocycles. The standard InChI is InChI=1S/C18H22N4O2/c1-10(2)16(17(19)23)22-18-13-8-12-6-4-5-7-15(12)24-9-14(13)20-11(3)21-18/h4-7,10,16H,8-9H2,1-3H3,(H2,19,23)(H,20,21,22)/t16-/m1/s1. The van der Waals surface area contributed by atoms with E-state index < -0.39 is 6.04 Å². The highest BCUT2D eigenvalue weighted by atomic mass is 16.5. The van der Waals surface area contributed by atoms with Crippen LogP contribution in [0.15, 0.2) is 24.3 Å². The Morgan fingerprint density at radius 3 is 2.75 bits per heavy atom. The molecule has 0 spiro atoms. The molecule has 6 heteroatoms. The molecule has 3 N–H and O–H groups in total. The molecule has 126 valence electrons. The van der Waals surface area contributed by atoms with Crippen molar-refractivity contribution >= 4 is 11.7 Å². The van der Waals surface area contributed by atoms with Crippen molar-refractivity contribution < 1.29 is 9.53 Å². The van der Waals surface area contributed by atoms with Crippen molar-refractivity contribution in [2.75, 3.05) is 5.32 Å². The fraction of sp³-hybridized carbons (Fsp3) is 0.389. The number of hydrogen-bond acceptors (Lipinski definition) is 5. The molecule has 6 nitrogen and oxygen atoms in total. The predicted octanol–water partition coefficient (Wildman–Crippen LogP) is 2.19. The van der Waals surface area contributed by atoms with E-state index in [9.17, 15) is 4.79 Å². The van der Waals surface area contributed by atoms with Crippen molar-refractivity contribution in [2.45, 2.75) is 39.8 Å². The fourth-order valence-electron chi connectivity index (χ4n) is 2.92. The van der Waals surface area contributed by atoms with Crippen LogP contribution in [0.3, 0.4) is 0 Å². The number of hydrogen-bond donors (Lipinski definition) is 2. The Kier molecular flexibility index (Phi) is 4.38. The van der Waals surface area contributed by atoms with Crippen LogP contribution in [-0.4, -0.2) is 21.9 Å². The van der Waals surface area contributed by atoms with Crippen molar-refractivity contribution in [1.82, 2.24) is 9.97 Å². The number of carbonyl (C=O) groups is 1. The topological polar surface area (TPSA) is 90.1 Å². The fourth-order valence-corrected chi connectivity index (χ4v) is 2.92. The van der Waals surface area contributed by atoms with Gasteiger partial charge < -0.3 is 15.8 Å². The molecule has 0 saturated carbocycles. The van der Waals surface area contributed by atoms with E-state index in [2.05, 4.69) is 15.3 Å². The van der Waals surface area contributed by atoms with Gasteiger partial charge in [0.2, 0.25) is 5.91 Å². The Balaban J connectivity index is 2.03. The van der Waals surface area contributed by atoms with Crippen molar-refractivity contribution in [3.8, 4) is 5.75 Å². The summed E-state index contributed by atoms with van der Waals surface area (Å²) in [5, 5.41) is 3.22. The van der Waals surface area contributed by atoms with Crippen molar-refractivity contribution in [3.05, 3.63) is 46.9 Å². The van der Waals surface area contributed by atoms with Gasteiger partial charge in [-0.3, -0.25) is 4.79 Å². The number of fused-ring (bicyclic) bond motifs is 2. The van der Waals surface area contributed by atoms with Crippen LogP contribution >= 0.6 is 0 Å². The van der Waals surface area contributed by atoms with Gasteiger partial charge in [0, 0.05) is 12.0 Å². The van der Waals surface area contributed by atoms with Gasteiger partial charge in [-0.05, 0) is 24.5 Å². The van der Waals surface area contributed by atoms with Crippen LogP contribution in [0.2, 0.25) is 0 Å². The van der Waals surface area contributed by atoms with E-state index in [0.717, 1.165) is 22.6 Å². The van der Waals surface area contributed by atoms with Crippen LogP contribution in [0, 0.1) is 12.8 Å². The Hall–Kier alpha value is -2.63. The number of nitrogens with zero attached hydrogens (tertiary/aromatic N) is 2. The van der Waals surface area contributed by atoms with E-state index in [1.165, 1.54) is 0 Å². The van der Waals surface area contributed by atoms with Crippen LogP contribution in [0.25, 0.3) is 0 Å². The van der Waals surface area contributed by atoms with E-state index in [0.29, 0.717) is 24.7 Å². The number of nitrogens with one attached hydrogen (secondary N) is 1. The number of aromatic nitrogens is 2. The molecular weight excluding hydrogens is 304 g/mol. The highest BCUT2D eigenvalue weighted by molar-refractivity contribution is 5.83. The number of rotatable bonds is 4. The van der Waals surface area contributed by atoms with E-state index in [1.54, 1.807) is 0 Å². The summed E-state index contributed by atoms with van der Waals surface area (Å²) in [6.07, 6.45) is 0.650. The number of primary amides is 1. The molecule has 0 fully saturated rings. The van der Waals surface area contributed by atoms with Crippen LogP contribution in [0.1, 0.15) is 36.5 Å². The maximum Gasteiger partial charge on any atom is 0.240 e. The summed E-state index contributed by atoms with van der Waals surface area (Å²) < 4.78 is 5.88. The third-order valence-electron chi connectivity index (χ3n) is 4.17. The molecule has 1 aliphatic rings. The molecule has 1 aliphatic heterocycles. The summed E-state index contributed by atoms with van der Waals surface area (Å²) in [5.41, 5.74) is 8.41. The summed E-state index contributed by atoms with van der Waals surface area (Å²) in [7, 11) is 0. The Morgan fingerprint density at radius 1 is 1.29 bits per heavy atom. The zero-order valence-corrected chi connectivity index (χ0v) is 14.2. The lowest BCUT2D eigenvalue weighted by atomic mass is 10.0. The summed E-state index contributed by atoms with van der Waals surface area (Å²) in [4.78, 5) is 20.8. The van der Waals surface area contributed by atoms with E-state index in [-0.39, 0.29) is 11.8 Å². The summed E-state index contributed by atoms with van der Waals surface area (Å²) in [5.74, 6) is 1.82. The molecular formula is C18H22N4O2. The van der Waals surface area contributed by atoms with Crippen LogP contribution in [-0.2, 0) is 17.8 Å². The molecule has 1 aromatic carbocycles. The van der Waals surface area contributed by atoms with Crippen LogP contribution in [0.5, 0.6) is 5.75 Å². The maximum absolute atomic E-state index is 11.8. The minimum Gasteiger partial charge on any atom is -0.487 e. The van der Waals surface area contributed by atoms with Gasteiger partial charge >= 0.3 is 0 Å². The largest absolute Gasteiger partial charge is 0.487 e. The number of para-hydroxylation sites is 1. The lowest BCUT2D eigenvalue weighted by molar-refractivity contribution is -0.119. The minimum atomic E-state index is -0.484. The van der Waals surface area contributed by atoms with Gasteiger partial charge in [-0.2, -0.15) is 0 Å². The van der Waals surface area contributed by atoms with Crippen LogP contribution < -0.4 is 15.8 Å². The number of anilines is 1. The van der Waals surface area contributed by atoms with Gasteiger partial charge in [0.1, 0.15) is 30.0 Å². The third kappa shape index (κ3) is 3.18. The minimum absolute atomic E-state index is 0.0581. The molecule has 1 atom stereocenters. The summed E-state index contributed by atoms with van der Waals surface area (Å²) in [6, 6.07) is 7.43. The van der Waals surface area contributed by atoms with E-state index in [1.807, 2.05) is 45.0 Å². The first-order chi connectivity index (χ1) is 11.5. The van der Waals surface area contributed by atoms with Crippen molar-refractivity contribution in [3.63, 3.8) is 0 Å². The zero-order valence-electron chi connectivity index (χ0n) is 14.2. The van der Waals surface area contributed by atoms with Gasteiger partial charge in [-0.1, -0.05) is 32.0 Å². The van der Waals surface area contributed by atoms with Gasteiger partial charge in [0.25, 0.3) is 0 Å². The van der Waals surface area contributed by atoms with Gasteiger partial charge in [-0.25, -0.2) is 9.97 Å². The molecule has 2 aromatic rings. The lowest BCUT2D eigenvalue weighted by Gasteiger charge is -2.22. The third-order valence-corrected chi connectivity index (χ3v) is 4.17.